The van der Waals surface area contributed by atoms with Gasteiger partial charge >= 0.3 is 0 Å². The fraction of sp³-hybridized carbons (Fsp3) is 0.127. The number of aliphatic imine (C=N–C) groups is 2. The summed E-state index contributed by atoms with van der Waals surface area (Å²) in [7, 11) is 0. The van der Waals surface area contributed by atoms with E-state index in [1.807, 2.05) is 17.4 Å². The van der Waals surface area contributed by atoms with Crippen molar-refractivity contribution in [2.75, 3.05) is 10.2 Å². The van der Waals surface area contributed by atoms with Crippen LogP contribution in [0.15, 0.2) is 186 Å². The van der Waals surface area contributed by atoms with Crippen molar-refractivity contribution < 1.29 is 0 Å². The molecule has 5 heteroatoms. The Morgan fingerprint density at radius 1 is 0.633 bits per heavy atom. The lowest BCUT2D eigenvalue weighted by Crippen LogP contribution is -2.37. The smallest absolute Gasteiger partial charge is 0.126 e. The van der Waals surface area contributed by atoms with E-state index >= 15 is 0 Å². The zero-order valence-electron chi connectivity index (χ0n) is 34.4. The lowest BCUT2D eigenvalue weighted by molar-refractivity contribution is 0.633. The topological polar surface area (TPSA) is 40.0 Å². The first-order chi connectivity index (χ1) is 29.4. The van der Waals surface area contributed by atoms with Crippen molar-refractivity contribution in [3.63, 3.8) is 0 Å². The van der Waals surface area contributed by atoms with Gasteiger partial charge in [0.1, 0.15) is 6.17 Å². The molecule has 4 nitrogen and oxygen atoms in total. The molecule has 1 N–H and O–H groups in total. The molecule has 2 atom stereocenters. The van der Waals surface area contributed by atoms with Crippen LogP contribution < -0.4 is 10.2 Å². The van der Waals surface area contributed by atoms with Crippen molar-refractivity contribution in [3.8, 4) is 22.3 Å². The van der Waals surface area contributed by atoms with Gasteiger partial charge in [0.25, 0.3) is 0 Å². The third-order valence-corrected chi connectivity index (χ3v) is 13.3. The van der Waals surface area contributed by atoms with E-state index in [1.165, 1.54) is 48.2 Å². The number of allylic oxidation sites excluding steroid dienone is 2. The molecule has 0 amide bonds. The Balaban J connectivity index is 1.04. The van der Waals surface area contributed by atoms with E-state index < -0.39 is 0 Å². The van der Waals surface area contributed by atoms with Crippen molar-refractivity contribution in [3.05, 3.63) is 204 Å². The summed E-state index contributed by atoms with van der Waals surface area (Å²) >= 11 is 1.84. The van der Waals surface area contributed by atoms with E-state index in [4.69, 9.17) is 9.98 Å². The number of fused-ring (bicyclic) bond motifs is 4. The summed E-state index contributed by atoms with van der Waals surface area (Å²) in [6, 6.07) is 55.1. The number of para-hydroxylation sites is 3. The fourth-order valence-corrected chi connectivity index (χ4v) is 9.89. The zero-order valence-corrected chi connectivity index (χ0v) is 35.2. The van der Waals surface area contributed by atoms with Crippen molar-refractivity contribution in [1.82, 2.24) is 0 Å². The summed E-state index contributed by atoms with van der Waals surface area (Å²) in [5.41, 5.74) is 16.7. The second kappa shape index (κ2) is 15.7. The lowest BCUT2D eigenvalue weighted by Gasteiger charge is -2.34. The molecule has 2 heterocycles. The highest BCUT2D eigenvalue weighted by atomic mass is 32.1. The quantitative estimate of drug-likeness (QED) is 0.156. The maximum absolute atomic E-state index is 5.53. The minimum Gasteiger partial charge on any atom is -0.360 e. The monoisotopic (exact) mass is 794 g/mol. The molecule has 292 valence electrons. The largest absolute Gasteiger partial charge is 0.360 e. The molecule has 60 heavy (non-hydrogen) atoms. The molecule has 0 saturated carbocycles. The Bertz CT molecular complexity index is 3040. The van der Waals surface area contributed by atoms with Crippen LogP contribution in [0.4, 0.5) is 22.7 Å². The average Bonchev–Trinajstić information content (AvgIpc) is 3.87. The zero-order chi connectivity index (χ0) is 40.7. The molecule has 0 bridgehead atoms. The van der Waals surface area contributed by atoms with Gasteiger partial charge in [-0.15, -0.1) is 11.3 Å². The number of rotatable bonds is 8. The summed E-state index contributed by atoms with van der Waals surface area (Å²) in [6.45, 7) is 8.56. The molecule has 0 fully saturated rings. The number of thiophene rings is 1. The van der Waals surface area contributed by atoms with Crippen molar-refractivity contribution >= 4 is 65.7 Å². The Morgan fingerprint density at radius 2 is 1.32 bits per heavy atom. The average molecular weight is 795 g/mol. The summed E-state index contributed by atoms with van der Waals surface area (Å²) in [4.78, 5) is 13.0. The molecule has 0 spiro atoms. The van der Waals surface area contributed by atoms with Gasteiger partial charge in [0, 0.05) is 37.2 Å². The van der Waals surface area contributed by atoms with Gasteiger partial charge in [-0.3, -0.25) is 9.98 Å². The minimum absolute atomic E-state index is 0.0259. The van der Waals surface area contributed by atoms with E-state index in [1.54, 1.807) is 0 Å². The molecular formula is C55H46N4S. The summed E-state index contributed by atoms with van der Waals surface area (Å²) in [5.74, 6) is 0. The van der Waals surface area contributed by atoms with Gasteiger partial charge in [-0.2, -0.15) is 0 Å². The van der Waals surface area contributed by atoms with E-state index in [2.05, 4.69) is 208 Å². The highest BCUT2D eigenvalue weighted by Gasteiger charge is 2.34. The molecule has 1 aliphatic heterocycles. The number of nitrogens with zero attached hydrogens (tertiary/aromatic N) is 3. The Kier molecular flexibility index (Phi) is 9.83. The Morgan fingerprint density at radius 3 is 2.13 bits per heavy atom. The molecule has 1 aliphatic carbocycles. The van der Waals surface area contributed by atoms with E-state index in [-0.39, 0.29) is 12.2 Å². The standard InChI is InChI=1S/C55H46N4S/c1-35-14-8-10-18-49(35)56-37(3)39-22-24-40(25-23-39)45-31-32-46(54(36(45)2)57-38(4)43-30-33-53-48(34-43)47-17-9-13-21-52(47)60-53)41-26-28-42(29-27-41)55-58-50-19-11-12-20-51(50)59(55)44-15-6-5-7-16-44/h5-15,17-34,44,55,58H,16H2,1-4H3. The molecule has 1 aromatic heterocycles. The van der Waals surface area contributed by atoms with Crippen LogP contribution in [0.1, 0.15) is 54.3 Å². The third-order valence-electron chi connectivity index (χ3n) is 12.1. The normalized spacial score (nSPS) is 16.4. The van der Waals surface area contributed by atoms with Crippen molar-refractivity contribution in [2.45, 2.75) is 46.3 Å². The first-order valence-corrected chi connectivity index (χ1v) is 21.6. The number of anilines is 2. The lowest BCUT2D eigenvalue weighted by atomic mass is 9.92. The highest BCUT2D eigenvalue weighted by Crippen LogP contribution is 2.45. The summed E-state index contributed by atoms with van der Waals surface area (Å²) in [6.07, 6.45) is 9.89. The van der Waals surface area contributed by atoms with Crippen LogP contribution in [0, 0.1) is 13.8 Å². The molecule has 8 aromatic rings. The van der Waals surface area contributed by atoms with Gasteiger partial charge in [0.05, 0.1) is 28.8 Å². The predicted molar refractivity (Wildman–Crippen MR) is 258 cm³/mol. The predicted octanol–water partition coefficient (Wildman–Crippen LogP) is 15.1. The number of aryl methyl sites for hydroxylation is 1. The van der Waals surface area contributed by atoms with Crippen LogP contribution >= 0.6 is 11.3 Å². The Hall–Kier alpha value is -6.82. The molecule has 10 rings (SSSR count). The second-order valence-corrected chi connectivity index (χ2v) is 17.0. The number of hydrogen-bond acceptors (Lipinski definition) is 5. The van der Waals surface area contributed by atoms with Crippen LogP contribution in [0.5, 0.6) is 0 Å². The van der Waals surface area contributed by atoms with E-state index in [9.17, 15) is 0 Å². The fourth-order valence-electron chi connectivity index (χ4n) is 8.81. The van der Waals surface area contributed by atoms with Gasteiger partial charge in [-0.25, -0.2) is 0 Å². The van der Waals surface area contributed by atoms with Crippen LogP contribution in [0.25, 0.3) is 42.4 Å². The molecule has 0 radical (unpaired) electrons. The minimum atomic E-state index is 0.0259. The van der Waals surface area contributed by atoms with Crippen LogP contribution in [-0.4, -0.2) is 17.5 Å². The third kappa shape index (κ3) is 6.95. The first-order valence-electron chi connectivity index (χ1n) is 20.8. The van der Waals surface area contributed by atoms with E-state index in [0.29, 0.717) is 0 Å². The maximum atomic E-state index is 5.53. The first kappa shape index (κ1) is 37.5. The van der Waals surface area contributed by atoms with Crippen LogP contribution in [0.3, 0.4) is 0 Å². The number of nitrogens with one attached hydrogen (secondary N) is 1. The van der Waals surface area contributed by atoms with Crippen LogP contribution in [-0.2, 0) is 0 Å². The van der Waals surface area contributed by atoms with Gasteiger partial charge in [0.15, 0.2) is 0 Å². The van der Waals surface area contributed by atoms with Gasteiger partial charge in [0.2, 0.25) is 0 Å². The number of hydrogen-bond donors (Lipinski definition) is 1. The van der Waals surface area contributed by atoms with Gasteiger partial charge in [-0.1, -0.05) is 140 Å². The van der Waals surface area contributed by atoms with Crippen molar-refractivity contribution in [2.24, 2.45) is 9.98 Å². The van der Waals surface area contributed by atoms with Crippen LogP contribution in [0.2, 0.25) is 0 Å². The molecular weight excluding hydrogens is 749 g/mol. The number of benzene rings is 7. The van der Waals surface area contributed by atoms with Crippen molar-refractivity contribution in [1.29, 1.82) is 0 Å². The summed E-state index contributed by atoms with van der Waals surface area (Å²) < 4.78 is 2.60. The molecule has 0 saturated heterocycles. The molecule has 2 unspecified atom stereocenters. The SMILES string of the molecule is CC(=Nc1ccccc1C)c1ccc(-c2ccc(-c3ccc(C4Nc5ccccc5N4C4C=CC=CC4)cc3)c(N=C(C)c3ccc4sc5ccccc5c4c3)c2C)cc1. The van der Waals surface area contributed by atoms with E-state index in [0.717, 1.165) is 62.6 Å². The maximum Gasteiger partial charge on any atom is 0.126 e. The summed E-state index contributed by atoms with van der Waals surface area (Å²) in [5, 5.41) is 6.41. The van der Waals surface area contributed by atoms with Gasteiger partial charge < -0.3 is 10.2 Å². The Labute approximate surface area is 356 Å². The molecule has 2 aliphatic rings. The highest BCUT2D eigenvalue weighted by molar-refractivity contribution is 7.25. The second-order valence-electron chi connectivity index (χ2n) is 15.9. The van der Waals surface area contributed by atoms with Gasteiger partial charge in [-0.05, 0) is 115 Å². The molecule has 7 aromatic carbocycles.